The highest BCUT2D eigenvalue weighted by atomic mass is 16.2. The topological polar surface area (TPSA) is 49.6 Å². The number of anilines is 1. The van der Waals surface area contributed by atoms with E-state index in [0.29, 0.717) is 6.54 Å². The number of aryl methyl sites for hydroxylation is 1. The molecule has 0 saturated carbocycles. The molecule has 0 radical (unpaired) electrons. The van der Waals surface area contributed by atoms with Gasteiger partial charge in [-0.1, -0.05) is 18.2 Å². The maximum absolute atomic E-state index is 12.5. The predicted octanol–water partition coefficient (Wildman–Crippen LogP) is 0.989. The fourth-order valence-corrected chi connectivity index (χ4v) is 2.66. The van der Waals surface area contributed by atoms with Gasteiger partial charge in [0.25, 0.3) is 0 Å². The summed E-state index contributed by atoms with van der Waals surface area (Å²) in [4.78, 5) is 16.5. The van der Waals surface area contributed by atoms with E-state index in [4.69, 9.17) is 5.73 Å². The van der Waals surface area contributed by atoms with E-state index in [1.807, 2.05) is 48.0 Å². The second-order valence-electron chi connectivity index (χ2n) is 5.03. The largest absolute Gasteiger partial charge is 0.328 e. The van der Waals surface area contributed by atoms with Gasteiger partial charge in [0.2, 0.25) is 5.91 Å². The van der Waals surface area contributed by atoms with Crippen molar-refractivity contribution in [1.82, 2.24) is 4.90 Å². The fourth-order valence-electron chi connectivity index (χ4n) is 2.66. The predicted molar refractivity (Wildman–Crippen MR) is 73.6 cm³/mol. The van der Waals surface area contributed by atoms with Crippen LogP contribution in [-0.2, 0) is 4.79 Å². The van der Waals surface area contributed by atoms with Gasteiger partial charge in [0, 0.05) is 24.8 Å². The average Bonchev–Trinajstić information content (AvgIpc) is 2.31. The molecular weight excluding hydrogens is 226 g/mol. The summed E-state index contributed by atoms with van der Waals surface area (Å²) in [6.07, 6.45) is 0. The summed E-state index contributed by atoms with van der Waals surface area (Å²) in [6.45, 7) is 5.32. The van der Waals surface area contributed by atoms with Crippen LogP contribution in [0.15, 0.2) is 24.3 Å². The van der Waals surface area contributed by atoms with E-state index in [0.717, 1.165) is 17.8 Å². The third kappa shape index (κ3) is 2.13. The zero-order valence-electron chi connectivity index (χ0n) is 11.3. The van der Waals surface area contributed by atoms with E-state index in [1.165, 1.54) is 0 Å². The van der Waals surface area contributed by atoms with E-state index in [9.17, 15) is 4.79 Å². The molecule has 1 aliphatic rings. The van der Waals surface area contributed by atoms with Crippen LogP contribution in [0.3, 0.4) is 0 Å². The van der Waals surface area contributed by atoms with Gasteiger partial charge in [-0.05, 0) is 32.5 Å². The summed E-state index contributed by atoms with van der Waals surface area (Å²) in [7, 11) is 1.96. The van der Waals surface area contributed by atoms with E-state index in [-0.39, 0.29) is 18.0 Å². The maximum Gasteiger partial charge on any atom is 0.245 e. The molecule has 2 rings (SSSR count). The molecule has 1 aromatic carbocycles. The number of benzene rings is 1. The molecule has 1 heterocycles. The Hall–Kier alpha value is -1.39. The van der Waals surface area contributed by atoms with Crippen LogP contribution in [0, 0.1) is 6.92 Å². The van der Waals surface area contributed by atoms with Crippen LogP contribution >= 0.6 is 0 Å². The smallest absolute Gasteiger partial charge is 0.245 e. The molecule has 1 amide bonds. The molecule has 4 heteroatoms. The summed E-state index contributed by atoms with van der Waals surface area (Å²) >= 11 is 0. The van der Waals surface area contributed by atoms with Crippen molar-refractivity contribution in [1.29, 1.82) is 0 Å². The number of hydrogen-bond acceptors (Lipinski definition) is 3. The van der Waals surface area contributed by atoms with Crippen molar-refractivity contribution in [2.45, 2.75) is 25.9 Å². The Kier molecular flexibility index (Phi) is 3.68. The van der Waals surface area contributed by atoms with E-state index < -0.39 is 0 Å². The van der Waals surface area contributed by atoms with Gasteiger partial charge in [0.1, 0.15) is 6.04 Å². The molecule has 18 heavy (non-hydrogen) atoms. The molecule has 2 N–H and O–H groups in total. The van der Waals surface area contributed by atoms with Gasteiger partial charge in [0.15, 0.2) is 0 Å². The van der Waals surface area contributed by atoms with Crippen LogP contribution in [0.1, 0.15) is 12.5 Å². The second kappa shape index (κ2) is 5.08. The first-order valence-electron chi connectivity index (χ1n) is 6.35. The third-order valence-electron chi connectivity index (χ3n) is 3.65. The minimum atomic E-state index is -0.208. The molecule has 1 saturated heterocycles. The Morgan fingerprint density at radius 1 is 1.39 bits per heavy atom. The average molecular weight is 247 g/mol. The monoisotopic (exact) mass is 247 g/mol. The van der Waals surface area contributed by atoms with Gasteiger partial charge in [-0.25, -0.2) is 0 Å². The molecule has 1 aromatic rings. The number of carbonyl (C=O) groups excluding carboxylic acids is 1. The molecule has 0 aliphatic carbocycles. The lowest BCUT2D eigenvalue weighted by Crippen LogP contribution is -2.62. The van der Waals surface area contributed by atoms with Crippen LogP contribution in [0.2, 0.25) is 0 Å². The molecule has 0 spiro atoms. The minimum absolute atomic E-state index is 0.105. The van der Waals surface area contributed by atoms with Gasteiger partial charge in [-0.2, -0.15) is 0 Å². The number of likely N-dealkylation sites (N-methyl/N-ethyl adjacent to an activating group) is 1. The Morgan fingerprint density at radius 3 is 2.67 bits per heavy atom. The number of para-hydroxylation sites is 1. The summed E-state index contributed by atoms with van der Waals surface area (Å²) in [5.74, 6) is 0.105. The highest BCUT2D eigenvalue weighted by Gasteiger charge is 2.37. The van der Waals surface area contributed by atoms with Crippen molar-refractivity contribution in [2.75, 3.05) is 25.0 Å². The number of nitrogens with two attached hydrogens (primary N) is 1. The number of rotatable bonds is 2. The molecule has 2 atom stereocenters. The SMILES string of the molecule is Cc1ccccc1N1C(=O)C(CN)N(C)CC1C. The summed E-state index contributed by atoms with van der Waals surface area (Å²) in [5.41, 5.74) is 7.84. The molecule has 1 aliphatic heterocycles. The second-order valence-corrected chi connectivity index (χ2v) is 5.03. The molecular formula is C14H21N3O. The fraction of sp³-hybridized carbons (Fsp3) is 0.500. The van der Waals surface area contributed by atoms with Gasteiger partial charge >= 0.3 is 0 Å². The van der Waals surface area contributed by atoms with Crippen molar-refractivity contribution in [2.24, 2.45) is 5.73 Å². The summed E-state index contributed by atoms with van der Waals surface area (Å²) in [6, 6.07) is 7.96. The van der Waals surface area contributed by atoms with Crippen molar-refractivity contribution >= 4 is 11.6 Å². The number of nitrogens with zero attached hydrogens (tertiary/aromatic N) is 2. The lowest BCUT2D eigenvalue weighted by Gasteiger charge is -2.43. The molecule has 0 bridgehead atoms. The van der Waals surface area contributed by atoms with E-state index >= 15 is 0 Å². The minimum Gasteiger partial charge on any atom is -0.328 e. The van der Waals surface area contributed by atoms with Crippen LogP contribution in [-0.4, -0.2) is 43.0 Å². The van der Waals surface area contributed by atoms with E-state index in [2.05, 4.69) is 6.92 Å². The highest BCUT2D eigenvalue weighted by molar-refractivity contribution is 5.99. The quantitative estimate of drug-likeness (QED) is 0.848. The molecule has 2 unspecified atom stereocenters. The number of amides is 1. The summed E-state index contributed by atoms with van der Waals surface area (Å²) < 4.78 is 0. The van der Waals surface area contributed by atoms with Crippen molar-refractivity contribution in [3.05, 3.63) is 29.8 Å². The van der Waals surface area contributed by atoms with Gasteiger partial charge in [0.05, 0.1) is 0 Å². The van der Waals surface area contributed by atoms with Crippen molar-refractivity contribution in [3.8, 4) is 0 Å². The highest BCUT2D eigenvalue weighted by Crippen LogP contribution is 2.26. The van der Waals surface area contributed by atoms with Crippen LogP contribution < -0.4 is 10.6 Å². The lowest BCUT2D eigenvalue weighted by atomic mass is 10.0. The molecule has 4 nitrogen and oxygen atoms in total. The molecule has 0 aromatic heterocycles. The first-order chi connectivity index (χ1) is 8.56. The van der Waals surface area contributed by atoms with Crippen molar-refractivity contribution in [3.63, 3.8) is 0 Å². The number of carbonyl (C=O) groups is 1. The maximum atomic E-state index is 12.5. The zero-order valence-corrected chi connectivity index (χ0v) is 11.3. The summed E-state index contributed by atoms with van der Waals surface area (Å²) in [5, 5.41) is 0. The first-order valence-corrected chi connectivity index (χ1v) is 6.35. The molecule has 1 fully saturated rings. The normalized spacial score (nSPS) is 25.6. The Labute approximate surface area is 108 Å². The first kappa shape index (κ1) is 13.1. The Morgan fingerprint density at radius 2 is 2.06 bits per heavy atom. The van der Waals surface area contributed by atoms with Crippen LogP contribution in [0.4, 0.5) is 5.69 Å². The molecule has 98 valence electrons. The third-order valence-corrected chi connectivity index (χ3v) is 3.65. The van der Waals surface area contributed by atoms with E-state index in [1.54, 1.807) is 0 Å². The van der Waals surface area contributed by atoms with Crippen LogP contribution in [0.25, 0.3) is 0 Å². The van der Waals surface area contributed by atoms with Crippen LogP contribution in [0.5, 0.6) is 0 Å². The van der Waals surface area contributed by atoms with Crippen molar-refractivity contribution < 1.29 is 4.79 Å². The van der Waals surface area contributed by atoms with Gasteiger partial charge in [-0.15, -0.1) is 0 Å². The Balaban J connectivity index is 2.37. The standard InChI is InChI=1S/C14H21N3O/c1-10-6-4-5-7-12(10)17-11(2)9-16(3)13(8-15)14(17)18/h4-7,11,13H,8-9,15H2,1-3H3. The zero-order chi connectivity index (χ0) is 13.3. The number of piperazine rings is 1. The van der Waals surface area contributed by atoms with Gasteiger partial charge in [-0.3, -0.25) is 9.69 Å². The van der Waals surface area contributed by atoms with Gasteiger partial charge < -0.3 is 10.6 Å². The Bertz CT molecular complexity index is 446. The lowest BCUT2D eigenvalue weighted by molar-refractivity contribution is -0.125. The number of hydrogen-bond donors (Lipinski definition) is 1.